The van der Waals surface area contributed by atoms with E-state index in [0.717, 1.165) is 11.1 Å². The van der Waals surface area contributed by atoms with Crippen molar-refractivity contribution in [1.82, 2.24) is 0 Å². The second-order valence-electron chi connectivity index (χ2n) is 8.89. The Morgan fingerprint density at radius 3 is 1.16 bits per heavy atom. The van der Waals surface area contributed by atoms with Gasteiger partial charge in [-0.25, -0.2) is 0 Å². The van der Waals surface area contributed by atoms with Gasteiger partial charge in [-0.1, -0.05) is 60.7 Å². The minimum Gasteiger partial charge on any atom is -0.480 e. The molecule has 0 aliphatic heterocycles. The van der Waals surface area contributed by atoms with Crippen LogP contribution in [0.25, 0.3) is 0 Å². The first-order chi connectivity index (χ1) is 18.4. The van der Waals surface area contributed by atoms with Crippen LogP contribution in [0, 0.1) is 0 Å². The molecule has 0 amide bonds. The first-order valence-corrected chi connectivity index (χ1v) is 12.2. The number of anilines is 2. The SMILES string of the molecule is O=C(O)CN(Cc1ccccc1)c1ccc(C(=O)c2ccc(N(CC(=O)O)Cc3ccccc3)cc2)cc1. The minimum absolute atomic E-state index is 0.167. The van der Waals surface area contributed by atoms with Gasteiger partial charge in [0.25, 0.3) is 0 Å². The van der Waals surface area contributed by atoms with Crippen LogP contribution in [0.2, 0.25) is 0 Å². The lowest BCUT2D eigenvalue weighted by molar-refractivity contribution is -0.136. The number of hydrogen-bond donors (Lipinski definition) is 2. The van der Waals surface area contributed by atoms with Gasteiger partial charge in [0.15, 0.2) is 5.78 Å². The maximum Gasteiger partial charge on any atom is 0.323 e. The first-order valence-electron chi connectivity index (χ1n) is 12.2. The molecule has 0 aliphatic rings. The fraction of sp³-hybridized carbons (Fsp3) is 0.129. The molecule has 7 nitrogen and oxygen atoms in total. The summed E-state index contributed by atoms with van der Waals surface area (Å²) in [5, 5.41) is 18.8. The second-order valence-corrected chi connectivity index (χ2v) is 8.89. The Hall–Kier alpha value is -4.91. The summed E-state index contributed by atoms with van der Waals surface area (Å²) in [6.45, 7) is 0.522. The number of ketones is 1. The molecule has 0 saturated heterocycles. The van der Waals surface area contributed by atoms with Gasteiger partial charge in [0, 0.05) is 35.6 Å². The summed E-state index contributed by atoms with van der Waals surface area (Å²) in [6.07, 6.45) is 0. The van der Waals surface area contributed by atoms with Crippen molar-refractivity contribution in [3.8, 4) is 0 Å². The highest BCUT2D eigenvalue weighted by atomic mass is 16.4. The smallest absolute Gasteiger partial charge is 0.323 e. The van der Waals surface area contributed by atoms with Gasteiger partial charge < -0.3 is 20.0 Å². The largest absolute Gasteiger partial charge is 0.480 e. The van der Waals surface area contributed by atoms with Crippen molar-refractivity contribution in [2.24, 2.45) is 0 Å². The molecule has 0 heterocycles. The lowest BCUT2D eigenvalue weighted by Gasteiger charge is -2.23. The van der Waals surface area contributed by atoms with E-state index in [2.05, 4.69) is 0 Å². The molecule has 0 radical (unpaired) electrons. The molecular formula is C31H28N2O5. The maximum absolute atomic E-state index is 13.1. The van der Waals surface area contributed by atoms with Crippen molar-refractivity contribution in [3.05, 3.63) is 131 Å². The Morgan fingerprint density at radius 1 is 0.500 bits per heavy atom. The van der Waals surface area contributed by atoms with E-state index < -0.39 is 11.9 Å². The number of carboxylic acids is 2. The summed E-state index contributed by atoms with van der Waals surface area (Å²) in [5.41, 5.74) is 4.32. The molecule has 4 aromatic carbocycles. The quantitative estimate of drug-likeness (QED) is 0.257. The van der Waals surface area contributed by atoms with Crippen molar-refractivity contribution in [2.75, 3.05) is 22.9 Å². The minimum atomic E-state index is -0.939. The molecule has 2 N–H and O–H groups in total. The Labute approximate surface area is 221 Å². The predicted molar refractivity (Wildman–Crippen MR) is 147 cm³/mol. The van der Waals surface area contributed by atoms with E-state index in [9.17, 15) is 24.6 Å². The van der Waals surface area contributed by atoms with Gasteiger partial charge in [-0.2, -0.15) is 0 Å². The van der Waals surface area contributed by atoms with Crippen LogP contribution in [0.3, 0.4) is 0 Å². The Kier molecular flexibility index (Phi) is 8.51. The predicted octanol–water partition coefficient (Wildman–Crippen LogP) is 5.10. The van der Waals surface area contributed by atoms with Gasteiger partial charge in [-0.05, 0) is 59.7 Å². The van der Waals surface area contributed by atoms with E-state index in [4.69, 9.17) is 0 Å². The molecule has 0 bridgehead atoms. The number of aliphatic carboxylic acids is 2. The molecular weight excluding hydrogens is 480 g/mol. The standard InChI is InChI=1S/C31H28N2O5/c34-29(35)21-32(19-23-7-3-1-4-8-23)27-15-11-25(12-16-27)31(38)26-13-17-28(18-14-26)33(22-30(36)37)20-24-9-5-2-6-10-24/h1-18H,19-22H2,(H,34,35)(H,36,37). The molecule has 0 aromatic heterocycles. The zero-order valence-electron chi connectivity index (χ0n) is 20.7. The van der Waals surface area contributed by atoms with Crippen LogP contribution in [0.4, 0.5) is 11.4 Å². The van der Waals surface area contributed by atoms with Gasteiger partial charge >= 0.3 is 11.9 Å². The highest BCUT2D eigenvalue weighted by Gasteiger charge is 2.16. The number of rotatable bonds is 12. The molecule has 0 aliphatic carbocycles. The van der Waals surface area contributed by atoms with Gasteiger partial charge in [-0.15, -0.1) is 0 Å². The topological polar surface area (TPSA) is 98.2 Å². The van der Waals surface area contributed by atoms with E-state index >= 15 is 0 Å². The summed E-state index contributed by atoms with van der Waals surface area (Å²) in [5.74, 6) is -2.06. The van der Waals surface area contributed by atoms with Crippen LogP contribution in [0.1, 0.15) is 27.0 Å². The number of hydrogen-bond acceptors (Lipinski definition) is 5. The van der Waals surface area contributed by atoms with Crippen molar-refractivity contribution in [2.45, 2.75) is 13.1 Å². The highest BCUT2D eigenvalue weighted by molar-refractivity contribution is 6.09. The van der Waals surface area contributed by atoms with Crippen molar-refractivity contribution in [1.29, 1.82) is 0 Å². The van der Waals surface area contributed by atoms with Gasteiger partial charge in [0.2, 0.25) is 0 Å². The van der Waals surface area contributed by atoms with E-state index in [1.54, 1.807) is 58.3 Å². The summed E-state index contributed by atoms with van der Waals surface area (Å²) < 4.78 is 0. The zero-order valence-corrected chi connectivity index (χ0v) is 20.7. The summed E-state index contributed by atoms with van der Waals surface area (Å²) >= 11 is 0. The molecule has 0 atom stereocenters. The first kappa shape index (κ1) is 26.2. The molecule has 0 saturated carbocycles. The Bertz CT molecular complexity index is 1260. The molecule has 192 valence electrons. The number of carboxylic acid groups (broad SMARTS) is 2. The van der Waals surface area contributed by atoms with E-state index in [0.29, 0.717) is 35.6 Å². The van der Waals surface area contributed by atoms with E-state index in [1.807, 2.05) is 60.7 Å². The highest BCUT2D eigenvalue weighted by Crippen LogP contribution is 2.22. The Morgan fingerprint density at radius 2 is 0.842 bits per heavy atom. The van der Waals surface area contributed by atoms with Crippen molar-refractivity contribution < 1.29 is 24.6 Å². The zero-order chi connectivity index (χ0) is 26.9. The third kappa shape index (κ3) is 7.07. The van der Waals surface area contributed by atoms with Crippen LogP contribution in [-0.4, -0.2) is 41.0 Å². The van der Waals surface area contributed by atoms with Gasteiger partial charge in [-0.3, -0.25) is 14.4 Å². The number of benzene rings is 4. The van der Waals surface area contributed by atoms with Gasteiger partial charge in [0.05, 0.1) is 0 Å². The molecule has 7 heteroatoms. The van der Waals surface area contributed by atoms with Crippen LogP contribution < -0.4 is 9.80 Å². The maximum atomic E-state index is 13.1. The second kappa shape index (κ2) is 12.4. The molecule has 0 unspecified atom stereocenters. The van der Waals surface area contributed by atoms with E-state index in [1.165, 1.54) is 0 Å². The van der Waals surface area contributed by atoms with Crippen molar-refractivity contribution in [3.63, 3.8) is 0 Å². The van der Waals surface area contributed by atoms with Crippen LogP contribution in [0.5, 0.6) is 0 Å². The van der Waals surface area contributed by atoms with Gasteiger partial charge in [0.1, 0.15) is 13.1 Å². The summed E-state index contributed by atoms with van der Waals surface area (Å²) in [6, 6.07) is 33.0. The fourth-order valence-electron chi connectivity index (χ4n) is 4.23. The van der Waals surface area contributed by atoms with Crippen LogP contribution >= 0.6 is 0 Å². The monoisotopic (exact) mass is 508 g/mol. The average molecular weight is 509 g/mol. The fourth-order valence-corrected chi connectivity index (χ4v) is 4.23. The normalized spacial score (nSPS) is 10.5. The lowest BCUT2D eigenvalue weighted by Crippen LogP contribution is -2.29. The molecule has 4 rings (SSSR count). The van der Waals surface area contributed by atoms with Crippen LogP contribution in [-0.2, 0) is 22.7 Å². The number of carbonyl (C=O) groups is 3. The van der Waals surface area contributed by atoms with Crippen LogP contribution in [0.15, 0.2) is 109 Å². The number of carbonyl (C=O) groups excluding carboxylic acids is 1. The molecule has 0 spiro atoms. The molecule has 38 heavy (non-hydrogen) atoms. The Balaban J connectivity index is 1.49. The van der Waals surface area contributed by atoms with Crippen molar-refractivity contribution >= 4 is 29.1 Å². The number of nitrogens with zero attached hydrogens (tertiary/aromatic N) is 2. The third-order valence-corrected chi connectivity index (χ3v) is 6.07. The summed E-state index contributed by atoms with van der Waals surface area (Å²) in [7, 11) is 0. The molecule has 4 aromatic rings. The van der Waals surface area contributed by atoms with E-state index in [-0.39, 0.29) is 18.9 Å². The third-order valence-electron chi connectivity index (χ3n) is 6.07. The lowest BCUT2D eigenvalue weighted by atomic mass is 10.0. The molecule has 0 fully saturated rings. The average Bonchev–Trinajstić information content (AvgIpc) is 2.93. The summed E-state index contributed by atoms with van der Waals surface area (Å²) in [4.78, 5) is 39.5.